The smallest absolute Gasteiger partial charge is 0.416 e. The van der Waals surface area contributed by atoms with Gasteiger partial charge in [-0.1, -0.05) is 49.7 Å². The van der Waals surface area contributed by atoms with Gasteiger partial charge in [0.05, 0.1) is 42.9 Å². The minimum Gasteiger partial charge on any atom is -0.484 e. The summed E-state index contributed by atoms with van der Waals surface area (Å²) in [4.78, 5) is 14.7. The summed E-state index contributed by atoms with van der Waals surface area (Å²) in [7, 11) is 0. The van der Waals surface area contributed by atoms with E-state index in [0.717, 1.165) is 29.1 Å². The third-order valence-electron chi connectivity index (χ3n) is 8.13. The zero-order valence-corrected chi connectivity index (χ0v) is 25.0. The van der Waals surface area contributed by atoms with Crippen LogP contribution in [0.15, 0.2) is 66.7 Å². The molecular formula is C33H36ClF3N2O4. The first kappa shape index (κ1) is 31.2. The summed E-state index contributed by atoms with van der Waals surface area (Å²) in [5.74, 6) is 0.878. The molecule has 0 aliphatic carbocycles. The Morgan fingerprint density at radius 2 is 1.79 bits per heavy atom. The number of halogens is 4. The molecule has 1 N–H and O–H groups in total. The fourth-order valence-electron chi connectivity index (χ4n) is 5.80. The second-order valence-corrected chi connectivity index (χ2v) is 11.8. The van der Waals surface area contributed by atoms with Crippen LogP contribution in [-0.2, 0) is 20.4 Å². The molecule has 43 heavy (non-hydrogen) atoms. The number of nitrogens with zero attached hydrogens (tertiary/aromatic N) is 1. The van der Waals surface area contributed by atoms with Crippen molar-refractivity contribution in [2.45, 2.75) is 38.5 Å². The van der Waals surface area contributed by atoms with E-state index in [-0.39, 0.29) is 24.3 Å². The van der Waals surface area contributed by atoms with Crippen LogP contribution in [0.25, 0.3) is 0 Å². The Balaban J connectivity index is 1.22. The lowest BCUT2D eigenvalue weighted by Gasteiger charge is -2.39. The van der Waals surface area contributed by atoms with Gasteiger partial charge in [0.15, 0.2) is 6.61 Å². The van der Waals surface area contributed by atoms with E-state index >= 15 is 0 Å². The Bertz CT molecular complexity index is 1390. The van der Waals surface area contributed by atoms with Crippen molar-refractivity contribution in [3.05, 3.63) is 88.4 Å². The summed E-state index contributed by atoms with van der Waals surface area (Å²) >= 11 is 6.22. The highest BCUT2D eigenvalue weighted by Crippen LogP contribution is 2.44. The van der Waals surface area contributed by atoms with Crippen LogP contribution >= 0.6 is 11.6 Å². The lowest BCUT2D eigenvalue weighted by atomic mass is 9.76. The highest BCUT2D eigenvalue weighted by molar-refractivity contribution is 6.30. The SMILES string of the molecule is CC(C)[C@@H]1C[C@H](c2cccc(Cl)c2)CO[C@H]1c1ccc(OCC(=O)Nc2cc(C(F)(F)F)ccc2N2CCOCC2)cc1. The third-order valence-corrected chi connectivity index (χ3v) is 8.36. The molecule has 0 aromatic heterocycles. The molecule has 3 aromatic rings. The van der Waals surface area contributed by atoms with Crippen molar-refractivity contribution in [3.63, 3.8) is 0 Å². The van der Waals surface area contributed by atoms with Crippen molar-refractivity contribution in [3.8, 4) is 5.75 Å². The van der Waals surface area contributed by atoms with Gasteiger partial charge in [-0.2, -0.15) is 13.2 Å². The first-order valence-corrected chi connectivity index (χ1v) is 14.9. The molecule has 0 spiro atoms. The highest BCUT2D eigenvalue weighted by atomic mass is 35.5. The van der Waals surface area contributed by atoms with E-state index in [1.807, 2.05) is 35.2 Å². The van der Waals surface area contributed by atoms with Crippen molar-refractivity contribution >= 4 is 28.9 Å². The third kappa shape index (κ3) is 7.82. The molecule has 2 aliphatic rings. The predicted octanol–water partition coefficient (Wildman–Crippen LogP) is 7.73. The van der Waals surface area contributed by atoms with Gasteiger partial charge in [0, 0.05) is 24.0 Å². The molecule has 6 nitrogen and oxygen atoms in total. The molecule has 10 heteroatoms. The summed E-state index contributed by atoms with van der Waals surface area (Å²) in [6.07, 6.45) is -3.63. The van der Waals surface area contributed by atoms with E-state index in [2.05, 4.69) is 25.2 Å². The van der Waals surface area contributed by atoms with E-state index in [1.165, 1.54) is 11.6 Å². The molecule has 2 fully saturated rings. The summed E-state index contributed by atoms with van der Waals surface area (Å²) in [6.45, 7) is 6.59. The molecular weight excluding hydrogens is 581 g/mol. The van der Waals surface area contributed by atoms with Crippen molar-refractivity contribution in [1.29, 1.82) is 0 Å². The molecule has 230 valence electrons. The number of carbonyl (C=O) groups is 1. The molecule has 2 heterocycles. The van der Waals surface area contributed by atoms with Gasteiger partial charge < -0.3 is 24.4 Å². The van der Waals surface area contributed by atoms with Gasteiger partial charge in [-0.05, 0) is 71.8 Å². The Kier molecular flexibility index (Phi) is 9.84. The number of alkyl halides is 3. The number of benzene rings is 3. The summed E-state index contributed by atoms with van der Waals surface area (Å²) in [5.41, 5.74) is 1.98. The highest BCUT2D eigenvalue weighted by Gasteiger charge is 2.35. The second-order valence-electron chi connectivity index (χ2n) is 11.4. The maximum atomic E-state index is 13.4. The van der Waals surface area contributed by atoms with Crippen LogP contribution in [0.2, 0.25) is 5.02 Å². The fourth-order valence-corrected chi connectivity index (χ4v) is 6.00. The molecule has 5 rings (SSSR count). The van der Waals surface area contributed by atoms with Gasteiger partial charge in [0.2, 0.25) is 0 Å². The molecule has 3 aromatic carbocycles. The monoisotopic (exact) mass is 616 g/mol. The molecule has 0 saturated carbocycles. The molecule has 0 radical (unpaired) electrons. The number of nitrogens with one attached hydrogen (secondary N) is 1. The Morgan fingerprint density at radius 1 is 1.05 bits per heavy atom. The number of anilines is 2. The first-order valence-electron chi connectivity index (χ1n) is 14.5. The standard InChI is InChI=1S/C33H36ClF3N2O4/c1-21(2)28-17-24(23-4-3-5-26(34)16-23)19-43-32(28)22-6-9-27(10-7-22)42-20-31(40)38-29-18-25(33(35,36)37)8-11-30(29)39-12-14-41-15-13-39/h3-11,16,18,21,24,28,32H,12-15,17,19-20H2,1-2H3,(H,38,40)/t24-,28-,32-/m0/s1. The number of hydrogen-bond acceptors (Lipinski definition) is 5. The van der Waals surface area contributed by atoms with Gasteiger partial charge in [-0.15, -0.1) is 0 Å². The number of amides is 1. The van der Waals surface area contributed by atoms with E-state index < -0.39 is 17.6 Å². The van der Waals surface area contributed by atoms with Crippen LogP contribution in [0.3, 0.4) is 0 Å². The lowest BCUT2D eigenvalue weighted by Crippen LogP contribution is -2.37. The van der Waals surface area contributed by atoms with E-state index in [0.29, 0.717) is 56.2 Å². The Hall–Kier alpha value is -3.27. The van der Waals surface area contributed by atoms with Crippen LogP contribution in [0.1, 0.15) is 49.0 Å². The second kappa shape index (κ2) is 13.6. The Morgan fingerprint density at radius 3 is 2.47 bits per heavy atom. The molecule has 2 aliphatic heterocycles. The number of rotatable bonds is 8. The Labute approximate surface area is 255 Å². The van der Waals surface area contributed by atoms with Gasteiger partial charge in [-0.25, -0.2) is 0 Å². The zero-order valence-electron chi connectivity index (χ0n) is 24.2. The minimum atomic E-state index is -4.53. The van der Waals surface area contributed by atoms with Crippen molar-refractivity contribution in [2.75, 3.05) is 49.7 Å². The average Bonchev–Trinajstić information content (AvgIpc) is 3.00. The van der Waals surface area contributed by atoms with Crippen LogP contribution in [0.5, 0.6) is 5.75 Å². The van der Waals surface area contributed by atoms with Gasteiger partial charge in [0.25, 0.3) is 5.91 Å². The quantitative estimate of drug-likeness (QED) is 0.281. The van der Waals surface area contributed by atoms with Gasteiger partial charge in [0.1, 0.15) is 5.75 Å². The van der Waals surface area contributed by atoms with Crippen LogP contribution in [0.4, 0.5) is 24.5 Å². The number of ether oxygens (including phenoxy) is 3. The maximum absolute atomic E-state index is 13.4. The average molecular weight is 617 g/mol. The van der Waals surface area contributed by atoms with Gasteiger partial charge >= 0.3 is 6.18 Å². The number of hydrogen-bond donors (Lipinski definition) is 1. The fraction of sp³-hybridized carbons (Fsp3) is 0.424. The van der Waals surface area contributed by atoms with Crippen molar-refractivity contribution in [1.82, 2.24) is 0 Å². The summed E-state index contributed by atoms with van der Waals surface area (Å²) < 4.78 is 57.7. The molecule has 0 unspecified atom stereocenters. The van der Waals surface area contributed by atoms with E-state index in [4.69, 9.17) is 25.8 Å². The van der Waals surface area contributed by atoms with Gasteiger partial charge in [-0.3, -0.25) is 4.79 Å². The molecule has 0 bridgehead atoms. The molecule has 1 amide bonds. The minimum absolute atomic E-state index is 0.0766. The molecule has 2 saturated heterocycles. The summed E-state index contributed by atoms with van der Waals surface area (Å²) in [6, 6.07) is 18.8. The largest absolute Gasteiger partial charge is 0.484 e. The molecule has 3 atom stereocenters. The van der Waals surface area contributed by atoms with E-state index in [9.17, 15) is 18.0 Å². The summed E-state index contributed by atoms with van der Waals surface area (Å²) in [5, 5.41) is 3.34. The van der Waals surface area contributed by atoms with Crippen molar-refractivity contribution in [2.24, 2.45) is 11.8 Å². The zero-order chi connectivity index (χ0) is 30.6. The van der Waals surface area contributed by atoms with Crippen LogP contribution in [-0.4, -0.2) is 45.4 Å². The number of carbonyl (C=O) groups excluding carboxylic acids is 1. The lowest BCUT2D eigenvalue weighted by molar-refractivity contribution is -0.137. The first-order chi connectivity index (χ1) is 20.6. The van der Waals surface area contributed by atoms with E-state index in [1.54, 1.807) is 12.1 Å². The van der Waals surface area contributed by atoms with Crippen LogP contribution in [0, 0.1) is 11.8 Å². The number of morpholine rings is 1. The predicted molar refractivity (Wildman–Crippen MR) is 161 cm³/mol. The maximum Gasteiger partial charge on any atom is 0.416 e. The van der Waals surface area contributed by atoms with Crippen molar-refractivity contribution < 1.29 is 32.2 Å². The van der Waals surface area contributed by atoms with Crippen LogP contribution < -0.4 is 15.0 Å². The normalized spacial score (nSPS) is 21.1. The topological polar surface area (TPSA) is 60.0 Å².